The molecule has 1 unspecified atom stereocenters. The number of carbonyl (C=O) groups is 1. The molecule has 0 bridgehead atoms. The van der Waals surface area contributed by atoms with E-state index >= 15 is 0 Å². The highest BCUT2D eigenvalue weighted by molar-refractivity contribution is 5.94. The summed E-state index contributed by atoms with van der Waals surface area (Å²) < 4.78 is 1.71. The highest BCUT2D eigenvalue weighted by Crippen LogP contribution is 2.05. The van der Waals surface area contributed by atoms with Gasteiger partial charge in [-0.15, -0.1) is 0 Å². The van der Waals surface area contributed by atoms with Crippen molar-refractivity contribution in [3.63, 3.8) is 0 Å². The van der Waals surface area contributed by atoms with Crippen molar-refractivity contribution >= 4 is 11.9 Å². The lowest BCUT2D eigenvalue weighted by Crippen LogP contribution is -2.37. The maximum absolute atomic E-state index is 12.1. The van der Waals surface area contributed by atoms with Gasteiger partial charge in [0.25, 0.3) is 5.91 Å². The van der Waals surface area contributed by atoms with Gasteiger partial charge in [0.1, 0.15) is 12.2 Å². The van der Waals surface area contributed by atoms with Crippen LogP contribution in [0.3, 0.4) is 0 Å². The normalized spacial score (nSPS) is 12.5. The van der Waals surface area contributed by atoms with Gasteiger partial charge in [0.2, 0.25) is 0 Å². The van der Waals surface area contributed by atoms with E-state index in [1.165, 1.54) is 6.33 Å². The zero-order chi connectivity index (χ0) is 18.9. The van der Waals surface area contributed by atoms with Gasteiger partial charge in [-0.1, -0.05) is 19.1 Å². The number of aliphatic imine (C=N–C) groups is 1. The third-order valence-electron chi connectivity index (χ3n) is 4.11. The largest absolute Gasteiger partial charge is 0.352 e. The summed E-state index contributed by atoms with van der Waals surface area (Å²) in [5.74, 6) is 1.45. The Labute approximate surface area is 154 Å². The molecule has 8 heteroatoms. The molecule has 1 aromatic heterocycles. The van der Waals surface area contributed by atoms with Gasteiger partial charge >= 0.3 is 0 Å². The van der Waals surface area contributed by atoms with E-state index in [4.69, 9.17) is 0 Å². The fraction of sp³-hybridized carbons (Fsp3) is 0.444. The van der Waals surface area contributed by atoms with Gasteiger partial charge in [0.05, 0.1) is 6.54 Å². The van der Waals surface area contributed by atoms with Crippen molar-refractivity contribution in [2.75, 3.05) is 7.05 Å². The minimum absolute atomic E-state index is 0.0417. The molecule has 0 radical (unpaired) electrons. The van der Waals surface area contributed by atoms with Gasteiger partial charge in [-0.2, -0.15) is 5.10 Å². The SMILES string of the molecule is CCC(C)NC(=O)c1ccc(CNC(=NC)NCc2ncnn2C)cc1. The van der Waals surface area contributed by atoms with Crippen molar-refractivity contribution in [1.29, 1.82) is 0 Å². The molecule has 1 atom stereocenters. The third kappa shape index (κ3) is 5.58. The van der Waals surface area contributed by atoms with Gasteiger partial charge in [0.15, 0.2) is 5.96 Å². The molecule has 3 N–H and O–H groups in total. The molecule has 0 spiro atoms. The zero-order valence-electron chi connectivity index (χ0n) is 15.8. The molecule has 1 amide bonds. The summed E-state index contributed by atoms with van der Waals surface area (Å²) in [7, 11) is 3.56. The van der Waals surface area contributed by atoms with E-state index in [9.17, 15) is 4.79 Å². The van der Waals surface area contributed by atoms with Crippen molar-refractivity contribution in [2.24, 2.45) is 12.0 Å². The fourth-order valence-electron chi connectivity index (χ4n) is 2.23. The third-order valence-corrected chi connectivity index (χ3v) is 4.11. The number of amides is 1. The predicted molar refractivity (Wildman–Crippen MR) is 102 cm³/mol. The van der Waals surface area contributed by atoms with Gasteiger partial charge in [-0.05, 0) is 31.0 Å². The van der Waals surface area contributed by atoms with Crippen LogP contribution in [0.4, 0.5) is 0 Å². The summed E-state index contributed by atoms with van der Waals surface area (Å²) in [6.45, 7) is 5.18. The van der Waals surface area contributed by atoms with Crippen molar-refractivity contribution in [2.45, 2.75) is 39.4 Å². The molecule has 1 aromatic carbocycles. The summed E-state index contributed by atoms with van der Waals surface area (Å²) in [6, 6.07) is 7.73. The monoisotopic (exact) mass is 357 g/mol. The van der Waals surface area contributed by atoms with E-state index < -0.39 is 0 Å². The molecule has 0 saturated heterocycles. The molecule has 1 heterocycles. The van der Waals surface area contributed by atoms with Gasteiger partial charge in [0, 0.05) is 32.2 Å². The average Bonchev–Trinajstić information content (AvgIpc) is 3.07. The van der Waals surface area contributed by atoms with E-state index in [1.807, 2.05) is 45.2 Å². The topological polar surface area (TPSA) is 96.2 Å². The first-order valence-electron chi connectivity index (χ1n) is 8.70. The molecule has 2 rings (SSSR count). The Kier molecular flexibility index (Phi) is 7.13. The van der Waals surface area contributed by atoms with Crippen molar-refractivity contribution in [3.8, 4) is 0 Å². The Balaban J connectivity index is 1.84. The number of rotatable bonds is 7. The molecule has 140 valence electrons. The first-order valence-corrected chi connectivity index (χ1v) is 8.70. The molecule has 0 aliphatic heterocycles. The summed E-state index contributed by atoms with van der Waals surface area (Å²) in [4.78, 5) is 20.4. The Bertz CT molecular complexity index is 736. The fourth-order valence-corrected chi connectivity index (χ4v) is 2.23. The van der Waals surface area contributed by atoms with E-state index in [0.717, 1.165) is 17.8 Å². The Morgan fingerprint density at radius 1 is 1.23 bits per heavy atom. The quantitative estimate of drug-likeness (QED) is 0.511. The van der Waals surface area contributed by atoms with Crippen LogP contribution >= 0.6 is 0 Å². The molecular formula is C18H27N7O. The van der Waals surface area contributed by atoms with Gasteiger partial charge in [-0.3, -0.25) is 14.5 Å². The van der Waals surface area contributed by atoms with E-state index in [1.54, 1.807) is 11.7 Å². The molecule has 0 saturated carbocycles. The number of hydrogen-bond acceptors (Lipinski definition) is 4. The smallest absolute Gasteiger partial charge is 0.251 e. The lowest BCUT2D eigenvalue weighted by molar-refractivity contribution is 0.0939. The molecular weight excluding hydrogens is 330 g/mol. The number of hydrogen-bond donors (Lipinski definition) is 3. The summed E-state index contributed by atoms with van der Waals surface area (Å²) in [5, 5.41) is 13.4. The van der Waals surface area contributed by atoms with Crippen LogP contribution in [0.2, 0.25) is 0 Å². The van der Waals surface area contributed by atoms with Crippen LogP contribution in [-0.4, -0.2) is 39.7 Å². The number of nitrogens with one attached hydrogen (secondary N) is 3. The number of aromatic nitrogens is 3. The molecule has 0 fully saturated rings. The second-order valence-electron chi connectivity index (χ2n) is 6.06. The Morgan fingerprint density at radius 3 is 2.50 bits per heavy atom. The molecule has 2 aromatic rings. The van der Waals surface area contributed by atoms with Crippen LogP contribution in [0, 0.1) is 0 Å². The first-order chi connectivity index (χ1) is 12.5. The maximum Gasteiger partial charge on any atom is 0.251 e. The van der Waals surface area contributed by atoms with Crippen LogP contribution < -0.4 is 16.0 Å². The van der Waals surface area contributed by atoms with Gasteiger partial charge < -0.3 is 16.0 Å². The highest BCUT2D eigenvalue weighted by atomic mass is 16.1. The molecule has 0 aliphatic rings. The average molecular weight is 357 g/mol. The number of guanidine groups is 1. The number of carbonyl (C=O) groups excluding carboxylic acids is 1. The van der Waals surface area contributed by atoms with Crippen LogP contribution in [0.15, 0.2) is 35.6 Å². The van der Waals surface area contributed by atoms with Crippen molar-refractivity contribution < 1.29 is 4.79 Å². The summed E-state index contributed by atoms with van der Waals surface area (Å²) in [5.41, 5.74) is 1.73. The van der Waals surface area contributed by atoms with E-state index in [2.05, 4.69) is 31.0 Å². The van der Waals surface area contributed by atoms with E-state index in [-0.39, 0.29) is 11.9 Å². The molecule has 0 aliphatic carbocycles. The summed E-state index contributed by atoms with van der Waals surface area (Å²) in [6.07, 6.45) is 2.43. The van der Waals surface area contributed by atoms with Crippen LogP contribution in [-0.2, 0) is 20.1 Å². The summed E-state index contributed by atoms with van der Waals surface area (Å²) >= 11 is 0. The number of aryl methyl sites for hydroxylation is 1. The standard InChI is InChI=1S/C18H27N7O/c1-5-13(2)24-17(26)15-8-6-14(7-9-15)10-20-18(19-3)21-11-16-22-12-23-25(16)4/h6-9,12-13H,5,10-11H2,1-4H3,(H,24,26)(H2,19,20,21). The Hall–Kier alpha value is -2.90. The van der Waals surface area contributed by atoms with Crippen LogP contribution in [0.5, 0.6) is 0 Å². The van der Waals surface area contributed by atoms with Crippen molar-refractivity contribution in [3.05, 3.63) is 47.5 Å². The lowest BCUT2D eigenvalue weighted by atomic mass is 10.1. The lowest BCUT2D eigenvalue weighted by Gasteiger charge is -2.13. The highest BCUT2D eigenvalue weighted by Gasteiger charge is 2.08. The van der Waals surface area contributed by atoms with Crippen LogP contribution in [0.1, 0.15) is 42.0 Å². The number of nitrogens with zero attached hydrogens (tertiary/aromatic N) is 4. The van der Waals surface area contributed by atoms with Gasteiger partial charge in [-0.25, -0.2) is 4.98 Å². The first kappa shape index (κ1) is 19.4. The predicted octanol–water partition coefficient (Wildman–Crippen LogP) is 1.21. The Morgan fingerprint density at radius 2 is 1.92 bits per heavy atom. The number of benzene rings is 1. The molecule has 8 nitrogen and oxygen atoms in total. The zero-order valence-corrected chi connectivity index (χ0v) is 15.8. The minimum Gasteiger partial charge on any atom is -0.352 e. The van der Waals surface area contributed by atoms with Crippen LogP contribution in [0.25, 0.3) is 0 Å². The maximum atomic E-state index is 12.1. The molecule has 26 heavy (non-hydrogen) atoms. The minimum atomic E-state index is -0.0417. The second-order valence-corrected chi connectivity index (χ2v) is 6.06. The van der Waals surface area contributed by atoms with Crippen molar-refractivity contribution in [1.82, 2.24) is 30.7 Å². The van der Waals surface area contributed by atoms with E-state index in [0.29, 0.717) is 24.6 Å². The second kappa shape index (κ2) is 9.55.